The molecule has 1 amide bonds. The Morgan fingerprint density at radius 3 is 2.71 bits per heavy atom. The maximum Gasteiger partial charge on any atom is 0.257 e. The van der Waals surface area contributed by atoms with Gasteiger partial charge in [-0.15, -0.1) is 5.10 Å². The predicted octanol–water partition coefficient (Wildman–Crippen LogP) is 2.10. The Kier molecular flexibility index (Phi) is 4.58. The molecule has 0 spiro atoms. The van der Waals surface area contributed by atoms with Crippen molar-refractivity contribution in [3.63, 3.8) is 0 Å². The van der Waals surface area contributed by atoms with Crippen LogP contribution in [0.25, 0.3) is 17.0 Å². The van der Waals surface area contributed by atoms with Crippen LogP contribution in [0.5, 0.6) is 0 Å². The normalized spacial score (nSPS) is 13.4. The number of rotatable bonds is 5. The third-order valence-corrected chi connectivity index (χ3v) is 5.48. The number of nitrogens with zero attached hydrogens (tertiary/aromatic N) is 7. The van der Waals surface area contributed by atoms with Gasteiger partial charge in [-0.05, 0) is 42.7 Å². The minimum absolute atomic E-state index is 0.132. The van der Waals surface area contributed by atoms with Crippen LogP contribution in [0.15, 0.2) is 43.0 Å². The first-order chi connectivity index (χ1) is 15.0. The van der Waals surface area contributed by atoms with Crippen LogP contribution < -0.4 is 0 Å². The molecule has 0 radical (unpaired) electrons. The number of likely N-dealkylation sites (tertiary alicyclic amines) is 1. The molecule has 156 valence electrons. The highest BCUT2D eigenvalue weighted by atomic mass is 16.2. The van der Waals surface area contributed by atoms with Crippen molar-refractivity contribution in [1.82, 2.24) is 34.3 Å². The lowest BCUT2D eigenvalue weighted by Crippen LogP contribution is -2.42. The number of Topliss-reactive ketones (excluding diaryl/α,β-unsaturated/α-hetero) is 1. The van der Waals surface area contributed by atoms with E-state index in [0.717, 1.165) is 36.2 Å². The van der Waals surface area contributed by atoms with E-state index in [4.69, 9.17) is 0 Å². The number of carbonyl (C=O) groups excluding carboxylic acids is 2. The summed E-state index contributed by atoms with van der Waals surface area (Å²) >= 11 is 0. The monoisotopic (exact) mass is 415 g/mol. The first-order valence-corrected chi connectivity index (χ1v) is 10.1. The Hall–Kier alpha value is -3.88. The van der Waals surface area contributed by atoms with E-state index in [1.54, 1.807) is 35.1 Å². The summed E-state index contributed by atoms with van der Waals surface area (Å²) in [4.78, 5) is 36.2. The molecule has 0 aliphatic carbocycles. The Morgan fingerprint density at radius 1 is 1.13 bits per heavy atom. The summed E-state index contributed by atoms with van der Waals surface area (Å²) in [6, 6.07) is 5.65. The number of hydrogen-bond donors (Lipinski definition) is 0. The molecule has 1 fully saturated rings. The molecule has 5 heterocycles. The van der Waals surface area contributed by atoms with Crippen LogP contribution in [-0.4, -0.2) is 59.0 Å². The van der Waals surface area contributed by atoms with Gasteiger partial charge in [0.15, 0.2) is 17.3 Å². The molecule has 0 saturated carbocycles. The van der Waals surface area contributed by atoms with Gasteiger partial charge >= 0.3 is 0 Å². The highest BCUT2D eigenvalue weighted by molar-refractivity contribution is 6.07. The largest absolute Gasteiger partial charge is 0.338 e. The van der Waals surface area contributed by atoms with Crippen molar-refractivity contribution in [2.45, 2.75) is 19.8 Å². The summed E-state index contributed by atoms with van der Waals surface area (Å²) < 4.78 is 3.16. The number of carbonyl (C=O) groups is 2. The zero-order chi connectivity index (χ0) is 21.5. The maximum atomic E-state index is 13.1. The zero-order valence-electron chi connectivity index (χ0n) is 17.3. The van der Waals surface area contributed by atoms with E-state index in [-0.39, 0.29) is 18.1 Å². The summed E-state index contributed by atoms with van der Waals surface area (Å²) in [5, 5.41) is 8.65. The van der Waals surface area contributed by atoms with E-state index in [1.165, 1.54) is 10.9 Å². The summed E-state index contributed by atoms with van der Waals surface area (Å²) in [5.41, 5.74) is 4.01. The fourth-order valence-corrected chi connectivity index (χ4v) is 3.72. The molecule has 9 heteroatoms. The van der Waals surface area contributed by atoms with Gasteiger partial charge in [-0.2, -0.15) is 5.10 Å². The second-order valence-electron chi connectivity index (χ2n) is 7.80. The van der Waals surface area contributed by atoms with E-state index in [2.05, 4.69) is 20.2 Å². The highest BCUT2D eigenvalue weighted by Gasteiger charge is 2.28. The van der Waals surface area contributed by atoms with Crippen molar-refractivity contribution in [2.75, 3.05) is 13.1 Å². The number of aromatic nitrogens is 6. The van der Waals surface area contributed by atoms with Crippen LogP contribution in [-0.2, 0) is 13.5 Å². The quantitative estimate of drug-likeness (QED) is 0.463. The van der Waals surface area contributed by atoms with Crippen LogP contribution in [0.4, 0.5) is 0 Å². The van der Waals surface area contributed by atoms with E-state index in [1.807, 2.05) is 25.1 Å². The van der Waals surface area contributed by atoms with Crippen LogP contribution in [0.2, 0.25) is 0 Å². The molecule has 1 aliphatic rings. The minimum Gasteiger partial charge on any atom is -0.338 e. The second-order valence-corrected chi connectivity index (χ2v) is 7.80. The highest BCUT2D eigenvalue weighted by Crippen LogP contribution is 2.20. The first kappa shape index (κ1) is 19.1. The molecular weight excluding hydrogens is 394 g/mol. The van der Waals surface area contributed by atoms with Gasteiger partial charge < -0.3 is 4.90 Å². The molecule has 0 aromatic carbocycles. The first-order valence-electron chi connectivity index (χ1n) is 10.1. The number of fused-ring (bicyclic) bond motifs is 1. The number of amides is 1. The topological polar surface area (TPSA) is 98.3 Å². The van der Waals surface area contributed by atoms with Gasteiger partial charge in [0.2, 0.25) is 0 Å². The van der Waals surface area contributed by atoms with Gasteiger partial charge in [-0.3, -0.25) is 19.3 Å². The van der Waals surface area contributed by atoms with Gasteiger partial charge in [0.25, 0.3) is 5.91 Å². The van der Waals surface area contributed by atoms with E-state index in [0.29, 0.717) is 22.7 Å². The molecule has 0 N–H and O–H groups in total. The summed E-state index contributed by atoms with van der Waals surface area (Å²) in [6.07, 6.45) is 7.91. The lowest BCUT2D eigenvalue weighted by molar-refractivity contribution is 0.0647. The van der Waals surface area contributed by atoms with Crippen LogP contribution >= 0.6 is 0 Å². The molecule has 4 aromatic rings. The number of aryl methyl sites for hydroxylation is 2. The van der Waals surface area contributed by atoms with Crippen molar-refractivity contribution in [3.05, 3.63) is 65.4 Å². The zero-order valence-corrected chi connectivity index (χ0v) is 17.3. The number of hydrogen-bond acceptors (Lipinski definition) is 6. The van der Waals surface area contributed by atoms with Crippen molar-refractivity contribution in [3.8, 4) is 11.4 Å². The van der Waals surface area contributed by atoms with E-state index in [9.17, 15) is 9.59 Å². The molecule has 0 unspecified atom stereocenters. The smallest absolute Gasteiger partial charge is 0.257 e. The van der Waals surface area contributed by atoms with Crippen molar-refractivity contribution >= 4 is 17.3 Å². The average Bonchev–Trinajstić information content (AvgIpc) is 3.29. The molecule has 9 nitrogen and oxygen atoms in total. The lowest BCUT2D eigenvalue weighted by atomic mass is 10.0. The third kappa shape index (κ3) is 3.48. The van der Waals surface area contributed by atoms with E-state index >= 15 is 0 Å². The van der Waals surface area contributed by atoms with Gasteiger partial charge in [0.1, 0.15) is 5.69 Å². The van der Waals surface area contributed by atoms with E-state index < -0.39 is 0 Å². The Bertz CT molecular complexity index is 1320. The van der Waals surface area contributed by atoms with Gasteiger partial charge in [-0.1, -0.05) is 0 Å². The molecule has 0 atom stereocenters. The van der Waals surface area contributed by atoms with Crippen molar-refractivity contribution in [2.24, 2.45) is 7.05 Å². The fraction of sp³-hybridized carbons (Fsp3) is 0.273. The van der Waals surface area contributed by atoms with Gasteiger partial charge in [-0.25, -0.2) is 9.50 Å². The van der Waals surface area contributed by atoms with Crippen molar-refractivity contribution < 1.29 is 9.59 Å². The molecule has 31 heavy (non-hydrogen) atoms. The Morgan fingerprint density at radius 2 is 1.97 bits per heavy atom. The third-order valence-electron chi connectivity index (χ3n) is 5.48. The molecule has 1 saturated heterocycles. The van der Waals surface area contributed by atoms with Crippen LogP contribution in [0.3, 0.4) is 0 Å². The van der Waals surface area contributed by atoms with Crippen molar-refractivity contribution in [1.29, 1.82) is 0 Å². The number of ketones is 1. The molecule has 1 aliphatic heterocycles. The summed E-state index contributed by atoms with van der Waals surface area (Å²) in [6.45, 7) is 3.42. The van der Waals surface area contributed by atoms with Gasteiger partial charge in [0, 0.05) is 50.7 Å². The van der Waals surface area contributed by atoms with Crippen LogP contribution in [0, 0.1) is 6.92 Å². The summed E-state index contributed by atoms with van der Waals surface area (Å²) in [7, 11) is 1.68. The standard InChI is InChI=1S/C22H21N7O2/c1-14-8-16(12-23-11-14)21-25-19-10-15(4-7-29(19)26-21)9-18(30)20-17(13-24-27(20)2)22(31)28-5-3-6-28/h4,7-8,10-13H,3,5-6,9H2,1-2H3. The fourth-order valence-electron chi connectivity index (χ4n) is 3.72. The lowest BCUT2D eigenvalue weighted by Gasteiger charge is -2.30. The van der Waals surface area contributed by atoms with Gasteiger partial charge in [0.05, 0.1) is 11.8 Å². The molecule has 4 aromatic heterocycles. The molecule has 5 rings (SSSR count). The minimum atomic E-state index is -0.157. The maximum absolute atomic E-state index is 13.1. The molecule has 0 bridgehead atoms. The Labute approximate surface area is 178 Å². The molecular formula is C22H21N7O2. The summed E-state index contributed by atoms with van der Waals surface area (Å²) in [5.74, 6) is 0.289. The second kappa shape index (κ2) is 7.42. The Balaban J connectivity index is 1.41. The number of pyridine rings is 2. The predicted molar refractivity (Wildman–Crippen MR) is 113 cm³/mol. The SMILES string of the molecule is Cc1cncc(-c2nc3cc(CC(=O)c4c(C(=O)N5CCC5)cnn4C)ccn3n2)c1. The average molecular weight is 415 g/mol. The van der Waals surface area contributed by atoms with Crippen LogP contribution in [0.1, 0.15) is 38.4 Å².